The third kappa shape index (κ3) is 4.07. The number of nitrogens with zero attached hydrogens (tertiary/aromatic N) is 3. The number of pyridine rings is 1. The molecule has 0 atom stereocenters. The first-order valence-electron chi connectivity index (χ1n) is 11.4. The van der Waals surface area contributed by atoms with E-state index in [0.29, 0.717) is 59.5 Å². The average molecular weight is 459 g/mol. The van der Waals surface area contributed by atoms with Gasteiger partial charge in [-0.15, -0.1) is 0 Å². The molecule has 3 aromatic heterocycles. The summed E-state index contributed by atoms with van der Waals surface area (Å²) in [6.45, 7) is 6.65. The quantitative estimate of drug-likeness (QED) is 0.485. The predicted octanol–water partition coefficient (Wildman–Crippen LogP) is 4.44. The smallest absolute Gasteiger partial charge is 0.259 e. The van der Waals surface area contributed by atoms with Crippen LogP contribution >= 0.6 is 0 Å². The second-order valence-corrected chi connectivity index (χ2v) is 8.74. The first-order valence-corrected chi connectivity index (χ1v) is 11.4. The SMILES string of the molecule is Cc1cc(-c2cc(C(=O)N3CCC(NC(=O)c4ccccc4)CC3)c3c(C)noc3n2)c(C)o1. The molecule has 8 heteroatoms. The Hall–Kier alpha value is -3.94. The molecule has 4 aromatic rings. The first-order chi connectivity index (χ1) is 16.4. The zero-order valence-corrected chi connectivity index (χ0v) is 19.4. The molecule has 0 radical (unpaired) electrons. The molecule has 2 amide bonds. The standard InChI is InChI=1S/C26H26N4O4/c1-15-13-20(17(3)33-15)22-14-21(23-16(2)29-34-25(23)28-22)26(32)30-11-9-19(10-12-30)27-24(31)18-7-5-4-6-8-18/h4-8,13-14,19H,9-12H2,1-3H3,(H,27,31). The highest BCUT2D eigenvalue weighted by Gasteiger charge is 2.28. The van der Waals surface area contributed by atoms with E-state index < -0.39 is 0 Å². The van der Waals surface area contributed by atoms with Crippen molar-refractivity contribution in [3.8, 4) is 11.3 Å². The van der Waals surface area contributed by atoms with E-state index in [2.05, 4.69) is 15.5 Å². The number of furan rings is 1. The maximum atomic E-state index is 13.6. The van der Waals surface area contributed by atoms with Crippen LogP contribution in [0.15, 0.2) is 51.4 Å². The number of aromatic nitrogens is 2. The lowest BCUT2D eigenvalue weighted by molar-refractivity contribution is 0.0700. The number of rotatable bonds is 4. The summed E-state index contributed by atoms with van der Waals surface area (Å²) in [4.78, 5) is 32.5. The van der Waals surface area contributed by atoms with E-state index in [9.17, 15) is 9.59 Å². The predicted molar refractivity (Wildman–Crippen MR) is 127 cm³/mol. The summed E-state index contributed by atoms with van der Waals surface area (Å²) < 4.78 is 11.1. The number of nitrogens with one attached hydrogen (secondary N) is 1. The fourth-order valence-corrected chi connectivity index (χ4v) is 4.54. The molecule has 0 unspecified atom stereocenters. The van der Waals surface area contributed by atoms with Gasteiger partial charge in [0.2, 0.25) is 0 Å². The molecule has 1 aliphatic rings. The molecule has 0 spiro atoms. The Morgan fingerprint density at radius 2 is 1.79 bits per heavy atom. The molecule has 0 saturated carbocycles. The third-order valence-corrected chi connectivity index (χ3v) is 6.32. The van der Waals surface area contributed by atoms with Crippen molar-refractivity contribution in [2.75, 3.05) is 13.1 Å². The minimum Gasteiger partial charge on any atom is -0.466 e. The lowest BCUT2D eigenvalue weighted by Crippen LogP contribution is -2.46. The Bertz CT molecular complexity index is 1360. The number of likely N-dealkylation sites (tertiary alicyclic amines) is 1. The zero-order valence-electron chi connectivity index (χ0n) is 19.4. The maximum absolute atomic E-state index is 13.6. The van der Waals surface area contributed by atoms with Crippen molar-refractivity contribution in [1.82, 2.24) is 20.4 Å². The van der Waals surface area contributed by atoms with E-state index >= 15 is 0 Å². The first kappa shape index (κ1) is 21.9. The number of hydrogen-bond acceptors (Lipinski definition) is 6. The molecule has 0 aliphatic carbocycles. The molecule has 1 saturated heterocycles. The Morgan fingerprint density at radius 1 is 1.06 bits per heavy atom. The fraction of sp³-hybridized carbons (Fsp3) is 0.308. The van der Waals surface area contributed by atoms with Crippen molar-refractivity contribution >= 4 is 22.9 Å². The third-order valence-electron chi connectivity index (χ3n) is 6.32. The molecule has 174 valence electrons. The van der Waals surface area contributed by atoms with E-state index in [1.807, 2.05) is 49.9 Å². The largest absolute Gasteiger partial charge is 0.466 e. The molecule has 1 fully saturated rings. The van der Waals surface area contributed by atoms with Gasteiger partial charge in [0.05, 0.1) is 22.3 Å². The number of benzene rings is 1. The summed E-state index contributed by atoms with van der Waals surface area (Å²) in [7, 11) is 0. The molecular formula is C26H26N4O4. The molecule has 1 N–H and O–H groups in total. The summed E-state index contributed by atoms with van der Waals surface area (Å²) in [5.41, 5.74) is 3.56. The van der Waals surface area contributed by atoms with E-state index in [1.165, 1.54) is 0 Å². The molecular weight excluding hydrogens is 432 g/mol. The van der Waals surface area contributed by atoms with Crippen LogP contribution in [0.5, 0.6) is 0 Å². The normalized spacial score (nSPS) is 14.5. The topological polar surface area (TPSA) is 101 Å². The monoisotopic (exact) mass is 458 g/mol. The highest BCUT2D eigenvalue weighted by molar-refractivity contribution is 6.07. The van der Waals surface area contributed by atoms with Crippen LogP contribution < -0.4 is 5.32 Å². The van der Waals surface area contributed by atoms with Gasteiger partial charge in [-0.05, 0) is 57.9 Å². The van der Waals surface area contributed by atoms with Crippen molar-refractivity contribution < 1.29 is 18.5 Å². The van der Waals surface area contributed by atoms with Crippen molar-refractivity contribution in [3.63, 3.8) is 0 Å². The number of fused-ring (bicyclic) bond motifs is 1. The lowest BCUT2D eigenvalue weighted by Gasteiger charge is -2.32. The second kappa shape index (κ2) is 8.78. The minimum atomic E-state index is -0.0920. The zero-order chi connectivity index (χ0) is 23.8. The van der Waals surface area contributed by atoms with Crippen LogP contribution in [0, 0.1) is 20.8 Å². The van der Waals surface area contributed by atoms with E-state index in [0.717, 1.165) is 17.1 Å². The number of hydrogen-bond donors (Lipinski definition) is 1. The number of amides is 2. The van der Waals surface area contributed by atoms with E-state index in [4.69, 9.17) is 8.94 Å². The lowest BCUT2D eigenvalue weighted by atomic mass is 10.0. The van der Waals surface area contributed by atoms with Crippen LogP contribution in [-0.2, 0) is 0 Å². The maximum Gasteiger partial charge on any atom is 0.259 e. The van der Waals surface area contributed by atoms with Crippen LogP contribution in [0.2, 0.25) is 0 Å². The average Bonchev–Trinajstić information content (AvgIpc) is 3.40. The Kier molecular flexibility index (Phi) is 5.65. The summed E-state index contributed by atoms with van der Waals surface area (Å²) in [6, 6.07) is 12.9. The van der Waals surface area contributed by atoms with E-state index in [1.54, 1.807) is 18.2 Å². The van der Waals surface area contributed by atoms with Crippen molar-refractivity contribution in [3.05, 3.63) is 70.8 Å². The van der Waals surface area contributed by atoms with Crippen LogP contribution in [0.25, 0.3) is 22.4 Å². The van der Waals surface area contributed by atoms with Gasteiger partial charge < -0.3 is 19.2 Å². The summed E-state index contributed by atoms with van der Waals surface area (Å²) in [5, 5.41) is 7.76. The van der Waals surface area contributed by atoms with Gasteiger partial charge in [-0.2, -0.15) is 0 Å². The summed E-state index contributed by atoms with van der Waals surface area (Å²) >= 11 is 0. The Morgan fingerprint density at radius 3 is 2.47 bits per heavy atom. The van der Waals surface area contributed by atoms with Gasteiger partial charge in [0.15, 0.2) is 0 Å². The molecule has 5 rings (SSSR count). The molecule has 1 aromatic carbocycles. The molecule has 34 heavy (non-hydrogen) atoms. The Labute approximate surface area is 196 Å². The van der Waals surface area contributed by atoms with Crippen LogP contribution in [0.1, 0.15) is 50.8 Å². The van der Waals surface area contributed by atoms with Crippen molar-refractivity contribution in [2.24, 2.45) is 0 Å². The molecule has 4 heterocycles. The van der Waals surface area contributed by atoms with E-state index in [-0.39, 0.29) is 17.9 Å². The molecule has 0 bridgehead atoms. The van der Waals surface area contributed by atoms with Crippen LogP contribution in [-0.4, -0.2) is 46.0 Å². The minimum absolute atomic E-state index is 0.0265. The second-order valence-electron chi connectivity index (χ2n) is 8.74. The Balaban J connectivity index is 1.36. The van der Waals surface area contributed by atoms with Gasteiger partial charge in [0.1, 0.15) is 11.5 Å². The number of aryl methyl sites for hydroxylation is 3. The number of carbonyl (C=O) groups excluding carboxylic acids is 2. The van der Waals surface area contributed by atoms with Gasteiger partial charge in [-0.25, -0.2) is 4.98 Å². The number of carbonyl (C=O) groups is 2. The highest BCUT2D eigenvalue weighted by Crippen LogP contribution is 2.31. The summed E-state index contributed by atoms with van der Waals surface area (Å²) in [6.07, 6.45) is 1.38. The van der Waals surface area contributed by atoms with Crippen LogP contribution in [0.3, 0.4) is 0 Å². The highest BCUT2D eigenvalue weighted by atomic mass is 16.5. The summed E-state index contributed by atoms with van der Waals surface area (Å²) in [5.74, 6) is 1.33. The molecule has 1 aliphatic heterocycles. The van der Waals surface area contributed by atoms with Crippen LogP contribution in [0.4, 0.5) is 0 Å². The van der Waals surface area contributed by atoms with Gasteiger partial charge >= 0.3 is 0 Å². The van der Waals surface area contributed by atoms with Gasteiger partial charge in [-0.3, -0.25) is 9.59 Å². The number of piperidine rings is 1. The fourth-order valence-electron chi connectivity index (χ4n) is 4.54. The van der Waals surface area contributed by atoms with Crippen molar-refractivity contribution in [1.29, 1.82) is 0 Å². The van der Waals surface area contributed by atoms with Gasteiger partial charge in [0.25, 0.3) is 17.5 Å². The van der Waals surface area contributed by atoms with Gasteiger partial charge in [0, 0.05) is 30.3 Å². The van der Waals surface area contributed by atoms with Gasteiger partial charge in [-0.1, -0.05) is 23.4 Å². The van der Waals surface area contributed by atoms with Crippen molar-refractivity contribution in [2.45, 2.75) is 39.7 Å². The molecule has 8 nitrogen and oxygen atoms in total.